The fourth-order valence-electron chi connectivity index (χ4n) is 4.67. The molecule has 0 saturated heterocycles. The van der Waals surface area contributed by atoms with Crippen LogP contribution in [0.25, 0.3) is 0 Å². The second kappa shape index (κ2) is 11.8. The maximum atomic E-state index is 13.0. The SMILES string of the molecule is O=C(O)CCCN1CC(C(=O)O)Oc2c(NC(=O)c3ccc(OC4CCCCCC4)cc3)cccc21. The minimum atomic E-state index is -1.14. The maximum Gasteiger partial charge on any atom is 0.346 e. The zero-order chi connectivity index (χ0) is 25.5. The lowest BCUT2D eigenvalue weighted by molar-refractivity contribution is -0.145. The normalized spacial score (nSPS) is 17.9. The van der Waals surface area contributed by atoms with Crippen molar-refractivity contribution < 1.29 is 34.1 Å². The molecule has 1 saturated carbocycles. The summed E-state index contributed by atoms with van der Waals surface area (Å²) < 4.78 is 11.8. The summed E-state index contributed by atoms with van der Waals surface area (Å²) in [5, 5.41) is 21.3. The minimum Gasteiger partial charge on any atom is -0.490 e. The summed E-state index contributed by atoms with van der Waals surface area (Å²) in [7, 11) is 0. The van der Waals surface area contributed by atoms with Crippen molar-refractivity contribution in [3.63, 3.8) is 0 Å². The van der Waals surface area contributed by atoms with E-state index in [1.807, 2.05) is 0 Å². The van der Waals surface area contributed by atoms with E-state index >= 15 is 0 Å². The molecule has 0 radical (unpaired) electrons. The lowest BCUT2D eigenvalue weighted by atomic mass is 10.1. The third kappa shape index (κ3) is 6.47. The Labute approximate surface area is 210 Å². The lowest BCUT2D eigenvalue weighted by Crippen LogP contribution is -2.45. The first kappa shape index (κ1) is 25.3. The van der Waals surface area contributed by atoms with E-state index in [2.05, 4.69) is 5.32 Å². The summed E-state index contributed by atoms with van der Waals surface area (Å²) in [6, 6.07) is 12.2. The van der Waals surface area contributed by atoms with Crippen molar-refractivity contribution >= 4 is 29.2 Å². The molecule has 0 bridgehead atoms. The molecular weight excluding hydrogens is 464 g/mol. The fraction of sp³-hybridized carbons (Fsp3) is 0.444. The van der Waals surface area contributed by atoms with Gasteiger partial charge in [-0.2, -0.15) is 0 Å². The van der Waals surface area contributed by atoms with Gasteiger partial charge in [-0.3, -0.25) is 9.59 Å². The van der Waals surface area contributed by atoms with Gasteiger partial charge >= 0.3 is 11.9 Å². The van der Waals surface area contributed by atoms with Crippen LogP contribution in [-0.4, -0.2) is 53.4 Å². The molecule has 1 aliphatic heterocycles. The Balaban J connectivity index is 1.46. The van der Waals surface area contributed by atoms with Crippen molar-refractivity contribution in [2.75, 3.05) is 23.3 Å². The van der Waals surface area contributed by atoms with Gasteiger partial charge in [-0.05, 0) is 68.5 Å². The number of benzene rings is 2. The molecule has 0 spiro atoms. The number of ether oxygens (including phenoxy) is 2. The van der Waals surface area contributed by atoms with Crippen LogP contribution < -0.4 is 19.7 Å². The van der Waals surface area contributed by atoms with Crippen LogP contribution in [0.2, 0.25) is 0 Å². The molecule has 9 heteroatoms. The summed E-state index contributed by atoms with van der Waals surface area (Å²) in [6.45, 7) is 0.439. The standard InChI is InChI=1S/C27H32N2O7/c30-24(31)11-6-16-29-17-23(27(33)34)36-25-21(9-5-10-22(25)29)28-26(32)18-12-14-20(15-13-18)35-19-7-3-1-2-4-8-19/h5,9-10,12-15,19,23H,1-4,6-8,11,16-17H2,(H,28,32)(H,30,31)(H,33,34). The molecule has 0 aromatic heterocycles. The number of hydrogen-bond acceptors (Lipinski definition) is 6. The number of carboxylic acid groups (broad SMARTS) is 2. The Kier molecular flexibility index (Phi) is 8.30. The highest BCUT2D eigenvalue weighted by Gasteiger charge is 2.32. The van der Waals surface area contributed by atoms with E-state index in [0.29, 0.717) is 29.9 Å². The van der Waals surface area contributed by atoms with E-state index < -0.39 is 18.0 Å². The first-order valence-corrected chi connectivity index (χ1v) is 12.5. The summed E-state index contributed by atoms with van der Waals surface area (Å²) >= 11 is 0. The van der Waals surface area contributed by atoms with E-state index in [1.165, 1.54) is 25.7 Å². The number of amides is 1. The van der Waals surface area contributed by atoms with Gasteiger partial charge in [0.15, 0.2) is 5.75 Å². The van der Waals surface area contributed by atoms with Gasteiger partial charge in [0.2, 0.25) is 6.10 Å². The molecule has 2 aliphatic rings. The Morgan fingerprint density at radius 1 is 1.00 bits per heavy atom. The molecule has 36 heavy (non-hydrogen) atoms. The predicted molar refractivity (Wildman–Crippen MR) is 134 cm³/mol. The van der Waals surface area contributed by atoms with E-state index in [4.69, 9.17) is 14.6 Å². The fourth-order valence-corrected chi connectivity index (χ4v) is 4.67. The van der Waals surface area contributed by atoms with Crippen molar-refractivity contribution in [2.24, 2.45) is 0 Å². The molecule has 9 nitrogen and oxygen atoms in total. The largest absolute Gasteiger partial charge is 0.490 e. The number of carbonyl (C=O) groups excluding carboxylic acids is 1. The minimum absolute atomic E-state index is 0.0265. The first-order valence-electron chi connectivity index (χ1n) is 12.5. The van der Waals surface area contributed by atoms with Crippen LogP contribution in [0.3, 0.4) is 0 Å². The molecule has 1 aliphatic carbocycles. The average molecular weight is 497 g/mol. The van der Waals surface area contributed by atoms with Gasteiger partial charge < -0.3 is 29.9 Å². The van der Waals surface area contributed by atoms with Crippen molar-refractivity contribution in [3.8, 4) is 11.5 Å². The number of fused-ring (bicyclic) bond motifs is 1. The van der Waals surface area contributed by atoms with E-state index in [0.717, 1.165) is 18.6 Å². The quantitative estimate of drug-likeness (QED) is 0.432. The van der Waals surface area contributed by atoms with Crippen LogP contribution in [0.1, 0.15) is 61.7 Å². The molecule has 2 aromatic rings. The lowest BCUT2D eigenvalue weighted by Gasteiger charge is -2.35. The molecule has 1 fully saturated rings. The number of carboxylic acids is 2. The molecule has 1 amide bonds. The van der Waals surface area contributed by atoms with Gasteiger partial charge in [-0.25, -0.2) is 4.79 Å². The summed E-state index contributed by atoms with van der Waals surface area (Å²) in [5.41, 5.74) is 1.40. The van der Waals surface area contributed by atoms with Crippen LogP contribution in [0.4, 0.5) is 11.4 Å². The number of nitrogens with zero attached hydrogens (tertiary/aromatic N) is 1. The van der Waals surface area contributed by atoms with Gasteiger partial charge in [0, 0.05) is 18.5 Å². The van der Waals surface area contributed by atoms with Crippen molar-refractivity contribution in [3.05, 3.63) is 48.0 Å². The van der Waals surface area contributed by atoms with Crippen molar-refractivity contribution in [1.29, 1.82) is 0 Å². The number of anilines is 2. The highest BCUT2D eigenvalue weighted by molar-refractivity contribution is 6.05. The highest BCUT2D eigenvalue weighted by atomic mass is 16.5. The zero-order valence-corrected chi connectivity index (χ0v) is 20.2. The molecule has 1 heterocycles. The molecule has 3 N–H and O–H groups in total. The third-order valence-corrected chi connectivity index (χ3v) is 6.55. The number of para-hydroxylation sites is 1. The van der Waals surface area contributed by atoms with Gasteiger partial charge in [-0.15, -0.1) is 0 Å². The summed E-state index contributed by atoms with van der Waals surface area (Å²) in [5.74, 6) is -1.41. The number of nitrogens with one attached hydrogen (secondary N) is 1. The smallest absolute Gasteiger partial charge is 0.346 e. The van der Waals surface area contributed by atoms with Gasteiger partial charge in [0.1, 0.15) is 5.75 Å². The second-order valence-corrected chi connectivity index (χ2v) is 9.25. The molecule has 1 atom stereocenters. The highest BCUT2D eigenvalue weighted by Crippen LogP contribution is 2.40. The van der Waals surface area contributed by atoms with E-state index in [1.54, 1.807) is 47.4 Å². The number of carbonyl (C=O) groups is 3. The molecule has 2 aromatic carbocycles. The Bertz CT molecular complexity index is 1080. The van der Waals surface area contributed by atoms with Crippen LogP contribution in [0.15, 0.2) is 42.5 Å². The topological polar surface area (TPSA) is 125 Å². The number of rotatable bonds is 9. The van der Waals surface area contributed by atoms with Crippen LogP contribution in [-0.2, 0) is 9.59 Å². The number of hydrogen-bond donors (Lipinski definition) is 3. The monoisotopic (exact) mass is 496 g/mol. The third-order valence-electron chi connectivity index (χ3n) is 6.55. The molecule has 4 rings (SSSR count). The Hall–Kier alpha value is -3.75. The molecule has 1 unspecified atom stereocenters. The van der Waals surface area contributed by atoms with E-state index in [-0.39, 0.29) is 30.7 Å². The predicted octanol–water partition coefficient (Wildman–Crippen LogP) is 4.56. The maximum absolute atomic E-state index is 13.0. The summed E-state index contributed by atoms with van der Waals surface area (Å²) in [6.07, 6.45) is 6.34. The zero-order valence-electron chi connectivity index (χ0n) is 20.2. The molecular formula is C27H32N2O7. The van der Waals surface area contributed by atoms with Crippen LogP contribution in [0, 0.1) is 0 Å². The van der Waals surface area contributed by atoms with Crippen LogP contribution >= 0.6 is 0 Å². The van der Waals surface area contributed by atoms with Gasteiger partial charge in [0.05, 0.1) is 24.0 Å². The molecule has 192 valence electrons. The Morgan fingerprint density at radius 2 is 1.72 bits per heavy atom. The van der Waals surface area contributed by atoms with Crippen LogP contribution in [0.5, 0.6) is 11.5 Å². The average Bonchev–Trinajstić information content (AvgIpc) is 3.13. The van der Waals surface area contributed by atoms with Crippen molar-refractivity contribution in [1.82, 2.24) is 0 Å². The van der Waals surface area contributed by atoms with Crippen molar-refractivity contribution in [2.45, 2.75) is 63.6 Å². The summed E-state index contributed by atoms with van der Waals surface area (Å²) in [4.78, 5) is 37.4. The van der Waals surface area contributed by atoms with Gasteiger partial charge in [-0.1, -0.05) is 18.9 Å². The first-order chi connectivity index (χ1) is 17.4. The van der Waals surface area contributed by atoms with E-state index in [9.17, 15) is 19.5 Å². The number of aliphatic carboxylic acids is 2. The Morgan fingerprint density at radius 3 is 2.39 bits per heavy atom. The van der Waals surface area contributed by atoms with Gasteiger partial charge in [0.25, 0.3) is 5.91 Å². The second-order valence-electron chi connectivity index (χ2n) is 9.25.